The van der Waals surface area contributed by atoms with Crippen molar-refractivity contribution in [2.24, 2.45) is 0 Å². The maximum Gasteiger partial charge on any atom is 0.271 e. The molecule has 0 bridgehead atoms. The lowest BCUT2D eigenvalue weighted by Crippen LogP contribution is -1.88. The Bertz CT molecular complexity index is 1180. The summed E-state index contributed by atoms with van der Waals surface area (Å²) in [5, 5.41) is 22.8. The average Bonchev–Trinajstić information content (AvgIpc) is 3.30. The zero-order valence-electron chi connectivity index (χ0n) is 13.8. The van der Waals surface area contributed by atoms with Gasteiger partial charge < -0.3 is 9.97 Å². The molecule has 2 aromatic carbocycles. The predicted octanol–water partition coefficient (Wildman–Crippen LogP) is 5.40. The smallest absolute Gasteiger partial charge is 0.271 e. The van der Waals surface area contributed by atoms with Gasteiger partial charge in [0, 0.05) is 56.6 Å². The highest BCUT2D eigenvalue weighted by Crippen LogP contribution is 2.26. The van der Waals surface area contributed by atoms with Crippen molar-refractivity contribution in [3.63, 3.8) is 0 Å². The first-order valence-electron chi connectivity index (χ1n) is 7.69. The third-order valence-corrected chi connectivity index (χ3v) is 4.76. The molecular formula is C18H13IN4O4. The Kier molecular flexibility index (Phi) is 5.21. The topological polar surface area (TPSA) is 118 Å². The minimum atomic E-state index is -0.403. The molecule has 8 nitrogen and oxygen atoms in total. The molecule has 0 amide bonds. The molecular weight excluding hydrogens is 463 g/mol. The third kappa shape index (κ3) is 3.82. The standard InChI is InChI=1S/C10H8N2O2.C8H5IN2O2/c1-2-7-5-9(12(13)14)6-8-3-4-11-10(7)8;9-7-4-6(11(12)13)3-5-1-2-10-8(5)7/h2-6,11H,1H2;1-4,10H. The van der Waals surface area contributed by atoms with Gasteiger partial charge in [0.2, 0.25) is 0 Å². The molecule has 2 heterocycles. The molecule has 2 aromatic heterocycles. The Morgan fingerprint density at radius 3 is 1.96 bits per heavy atom. The number of aromatic amines is 2. The molecule has 0 aliphatic rings. The van der Waals surface area contributed by atoms with E-state index in [-0.39, 0.29) is 16.3 Å². The van der Waals surface area contributed by atoms with Gasteiger partial charge >= 0.3 is 0 Å². The number of benzene rings is 2. The van der Waals surface area contributed by atoms with E-state index in [1.165, 1.54) is 6.07 Å². The monoisotopic (exact) mass is 476 g/mol. The van der Waals surface area contributed by atoms with Crippen LogP contribution in [0.4, 0.5) is 11.4 Å². The molecule has 136 valence electrons. The van der Waals surface area contributed by atoms with E-state index in [1.54, 1.807) is 42.7 Å². The molecule has 0 unspecified atom stereocenters. The molecule has 0 spiro atoms. The number of nitrogens with one attached hydrogen (secondary N) is 2. The lowest BCUT2D eigenvalue weighted by molar-refractivity contribution is -0.384. The zero-order valence-corrected chi connectivity index (χ0v) is 16.0. The Hall–Kier alpha value is -3.21. The molecule has 0 saturated carbocycles. The largest absolute Gasteiger partial charge is 0.361 e. The molecule has 4 aromatic rings. The number of aromatic nitrogens is 2. The van der Waals surface area contributed by atoms with E-state index in [0.29, 0.717) is 0 Å². The van der Waals surface area contributed by atoms with Crippen LogP contribution in [0.1, 0.15) is 5.56 Å². The molecule has 0 saturated heterocycles. The number of fused-ring (bicyclic) bond motifs is 2. The second kappa shape index (κ2) is 7.58. The van der Waals surface area contributed by atoms with Crippen LogP contribution in [0.3, 0.4) is 0 Å². The predicted molar refractivity (Wildman–Crippen MR) is 113 cm³/mol. The van der Waals surface area contributed by atoms with Crippen molar-refractivity contribution < 1.29 is 9.85 Å². The van der Waals surface area contributed by atoms with Gasteiger partial charge in [-0.25, -0.2) is 0 Å². The molecule has 0 atom stereocenters. The first-order chi connectivity index (χ1) is 12.9. The van der Waals surface area contributed by atoms with Crippen LogP contribution in [-0.4, -0.2) is 19.8 Å². The summed E-state index contributed by atoms with van der Waals surface area (Å²) >= 11 is 2.08. The summed E-state index contributed by atoms with van der Waals surface area (Å²) in [6, 6.07) is 9.79. The van der Waals surface area contributed by atoms with E-state index in [4.69, 9.17) is 0 Å². The first-order valence-corrected chi connectivity index (χ1v) is 8.77. The minimum Gasteiger partial charge on any atom is -0.361 e. The fourth-order valence-corrected chi connectivity index (χ4v) is 3.45. The van der Waals surface area contributed by atoms with Gasteiger partial charge in [-0.3, -0.25) is 20.2 Å². The van der Waals surface area contributed by atoms with Gasteiger partial charge in [0.05, 0.1) is 20.9 Å². The summed E-state index contributed by atoms with van der Waals surface area (Å²) in [5.41, 5.74) is 2.81. The van der Waals surface area contributed by atoms with E-state index in [2.05, 4.69) is 39.1 Å². The van der Waals surface area contributed by atoms with Crippen LogP contribution >= 0.6 is 22.6 Å². The second-order valence-electron chi connectivity index (χ2n) is 5.56. The van der Waals surface area contributed by atoms with Crippen LogP contribution in [-0.2, 0) is 0 Å². The average molecular weight is 476 g/mol. The van der Waals surface area contributed by atoms with Crippen molar-refractivity contribution in [3.8, 4) is 0 Å². The highest BCUT2D eigenvalue weighted by atomic mass is 127. The van der Waals surface area contributed by atoms with Gasteiger partial charge in [-0.15, -0.1) is 0 Å². The van der Waals surface area contributed by atoms with Gasteiger partial charge in [0.15, 0.2) is 0 Å². The second-order valence-corrected chi connectivity index (χ2v) is 6.73. The maximum absolute atomic E-state index is 10.6. The Balaban J connectivity index is 0.000000156. The van der Waals surface area contributed by atoms with E-state index >= 15 is 0 Å². The quantitative estimate of drug-likeness (QED) is 0.234. The summed E-state index contributed by atoms with van der Waals surface area (Å²) in [6.45, 7) is 3.62. The maximum atomic E-state index is 10.6. The van der Waals surface area contributed by atoms with Crippen LogP contribution in [0.5, 0.6) is 0 Å². The third-order valence-electron chi connectivity index (χ3n) is 3.91. The Morgan fingerprint density at radius 1 is 0.889 bits per heavy atom. The lowest BCUT2D eigenvalue weighted by Gasteiger charge is -1.97. The normalized spacial score (nSPS) is 10.4. The summed E-state index contributed by atoms with van der Waals surface area (Å²) in [5.74, 6) is 0. The number of nitro groups is 2. The summed E-state index contributed by atoms with van der Waals surface area (Å²) < 4.78 is 0.867. The van der Waals surface area contributed by atoms with Crippen LogP contribution in [0, 0.1) is 23.8 Å². The van der Waals surface area contributed by atoms with Crippen molar-refractivity contribution >= 4 is 61.8 Å². The summed E-state index contributed by atoms with van der Waals surface area (Å²) in [7, 11) is 0. The number of nitrogens with zero attached hydrogens (tertiary/aromatic N) is 2. The van der Waals surface area contributed by atoms with Crippen LogP contribution in [0.15, 0.2) is 55.4 Å². The highest BCUT2D eigenvalue weighted by molar-refractivity contribution is 14.1. The van der Waals surface area contributed by atoms with E-state index in [0.717, 1.165) is 30.9 Å². The van der Waals surface area contributed by atoms with Gasteiger partial charge in [0.1, 0.15) is 0 Å². The number of halogens is 1. The zero-order chi connectivity index (χ0) is 19.6. The summed E-state index contributed by atoms with van der Waals surface area (Å²) in [4.78, 5) is 26.4. The van der Waals surface area contributed by atoms with Crippen molar-refractivity contribution in [2.45, 2.75) is 0 Å². The lowest BCUT2D eigenvalue weighted by atomic mass is 10.1. The number of nitro benzene ring substituents is 2. The number of H-pyrrole nitrogens is 2. The highest BCUT2D eigenvalue weighted by Gasteiger charge is 2.10. The molecule has 0 aliphatic carbocycles. The molecule has 4 rings (SSSR count). The molecule has 0 radical (unpaired) electrons. The van der Waals surface area contributed by atoms with Crippen molar-refractivity contribution in [1.82, 2.24) is 9.97 Å². The minimum absolute atomic E-state index is 0.0898. The van der Waals surface area contributed by atoms with Gasteiger partial charge in [-0.1, -0.05) is 12.7 Å². The van der Waals surface area contributed by atoms with E-state index in [9.17, 15) is 20.2 Å². The van der Waals surface area contributed by atoms with E-state index in [1.807, 2.05) is 6.07 Å². The van der Waals surface area contributed by atoms with Crippen molar-refractivity contribution in [1.29, 1.82) is 0 Å². The number of non-ortho nitro benzene ring substituents is 2. The Labute approximate surface area is 166 Å². The SMILES string of the molecule is C=Cc1cc([N+](=O)[O-])cc2cc[nH]c12.O=[N+]([O-])c1cc(I)c2[nH]ccc2c1. The van der Waals surface area contributed by atoms with E-state index < -0.39 is 4.92 Å². The van der Waals surface area contributed by atoms with Crippen LogP contribution in [0.2, 0.25) is 0 Å². The van der Waals surface area contributed by atoms with Gasteiger partial charge in [-0.05, 0) is 34.7 Å². The number of hydrogen-bond donors (Lipinski definition) is 2. The molecule has 9 heteroatoms. The first kappa shape index (κ1) is 18.6. The number of rotatable bonds is 3. The van der Waals surface area contributed by atoms with Crippen LogP contribution < -0.4 is 0 Å². The van der Waals surface area contributed by atoms with Crippen molar-refractivity contribution in [3.05, 3.63) is 84.7 Å². The molecule has 0 fully saturated rings. The van der Waals surface area contributed by atoms with Gasteiger partial charge in [-0.2, -0.15) is 0 Å². The fraction of sp³-hybridized carbons (Fsp3) is 0. The number of hydrogen-bond acceptors (Lipinski definition) is 4. The molecule has 0 aliphatic heterocycles. The Morgan fingerprint density at radius 2 is 1.41 bits per heavy atom. The fourth-order valence-electron chi connectivity index (χ4n) is 2.67. The molecule has 27 heavy (non-hydrogen) atoms. The molecule has 2 N–H and O–H groups in total. The van der Waals surface area contributed by atoms with Crippen LogP contribution in [0.25, 0.3) is 27.9 Å². The van der Waals surface area contributed by atoms with Gasteiger partial charge in [0.25, 0.3) is 11.4 Å². The van der Waals surface area contributed by atoms with Crippen molar-refractivity contribution in [2.75, 3.05) is 0 Å². The summed E-state index contributed by atoms with van der Waals surface area (Å²) in [6.07, 6.45) is 5.13.